The van der Waals surface area contributed by atoms with Crippen LogP contribution in [0.5, 0.6) is 6.01 Å². The van der Waals surface area contributed by atoms with E-state index in [0.717, 1.165) is 11.1 Å². The van der Waals surface area contributed by atoms with Crippen LogP contribution in [0.4, 0.5) is 10.1 Å². The third-order valence-corrected chi connectivity index (χ3v) is 4.69. The number of carbonyl (C=O) groups excluding carboxylic acids is 1. The zero-order chi connectivity index (χ0) is 22.7. The Morgan fingerprint density at radius 3 is 2.44 bits per heavy atom. The highest BCUT2D eigenvalue weighted by Gasteiger charge is 2.16. The average molecular weight is 430 g/mol. The first-order chi connectivity index (χ1) is 15.4. The van der Waals surface area contributed by atoms with Crippen molar-refractivity contribution >= 4 is 11.6 Å². The molecule has 1 amide bonds. The number of nitrogens with zero attached hydrogens (tertiary/aromatic N) is 3. The van der Waals surface area contributed by atoms with Crippen LogP contribution in [0.2, 0.25) is 0 Å². The van der Waals surface area contributed by atoms with E-state index < -0.39 is 5.82 Å². The highest BCUT2D eigenvalue weighted by atomic mass is 19.1. The number of nitrogens with one attached hydrogen (secondary N) is 1. The number of rotatable bonds is 6. The third kappa shape index (κ3) is 4.83. The molecule has 162 valence electrons. The summed E-state index contributed by atoms with van der Waals surface area (Å²) < 4.78 is 20.6. The predicted octanol–water partition coefficient (Wildman–Crippen LogP) is 5.42. The molecule has 7 heteroatoms. The Balaban J connectivity index is 1.68. The Morgan fingerprint density at radius 2 is 1.75 bits per heavy atom. The molecular weight excluding hydrogens is 407 g/mol. The smallest absolute Gasteiger partial charge is 0.336 e. The zero-order valence-corrected chi connectivity index (χ0v) is 18.0. The predicted molar refractivity (Wildman–Crippen MR) is 122 cm³/mol. The second kappa shape index (κ2) is 9.01. The lowest BCUT2D eigenvalue weighted by atomic mass is 10.1. The van der Waals surface area contributed by atoms with Gasteiger partial charge in [-0.15, -0.1) is 5.10 Å². The van der Waals surface area contributed by atoms with Gasteiger partial charge >= 0.3 is 6.01 Å². The molecule has 0 unspecified atom stereocenters. The van der Waals surface area contributed by atoms with E-state index in [1.807, 2.05) is 57.2 Å². The monoisotopic (exact) mass is 430 g/mol. The molecule has 0 fully saturated rings. The lowest BCUT2D eigenvalue weighted by molar-refractivity contribution is 0.102. The maximum atomic E-state index is 13.1. The normalized spacial score (nSPS) is 10.9. The van der Waals surface area contributed by atoms with Gasteiger partial charge in [0.1, 0.15) is 5.82 Å². The van der Waals surface area contributed by atoms with E-state index in [1.165, 1.54) is 24.3 Å². The summed E-state index contributed by atoms with van der Waals surface area (Å²) in [5.74, 6) is -0.0937. The molecule has 0 radical (unpaired) electrons. The number of hydrogen-bond acceptors (Lipinski definition) is 4. The largest absolute Gasteiger partial charge is 0.460 e. The summed E-state index contributed by atoms with van der Waals surface area (Å²) in [6, 6.07) is 20.9. The van der Waals surface area contributed by atoms with Crippen LogP contribution in [0.1, 0.15) is 29.8 Å². The van der Waals surface area contributed by atoms with Crippen LogP contribution in [0.3, 0.4) is 0 Å². The van der Waals surface area contributed by atoms with Crippen LogP contribution in [-0.2, 0) is 0 Å². The topological polar surface area (TPSA) is 69.0 Å². The summed E-state index contributed by atoms with van der Waals surface area (Å²) in [4.78, 5) is 17.1. The molecule has 0 spiro atoms. The van der Waals surface area contributed by atoms with Gasteiger partial charge in [0.25, 0.3) is 5.91 Å². The van der Waals surface area contributed by atoms with Gasteiger partial charge in [0.2, 0.25) is 0 Å². The van der Waals surface area contributed by atoms with Gasteiger partial charge in [0.15, 0.2) is 5.82 Å². The summed E-state index contributed by atoms with van der Waals surface area (Å²) in [6.07, 6.45) is -0.0713. The Morgan fingerprint density at radius 1 is 1.03 bits per heavy atom. The van der Waals surface area contributed by atoms with E-state index in [0.29, 0.717) is 22.8 Å². The minimum absolute atomic E-state index is 0.0713. The Kier molecular flexibility index (Phi) is 5.98. The zero-order valence-electron chi connectivity index (χ0n) is 18.0. The van der Waals surface area contributed by atoms with Crippen LogP contribution < -0.4 is 10.1 Å². The molecule has 4 aromatic rings. The van der Waals surface area contributed by atoms with E-state index >= 15 is 0 Å². The molecular formula is C25H23FN4O2. The number of hydrogen-bond donors (Lipinski definition) is 1. The molecule has 0 atom stereocenters. The molecule has 0 aliphatic carbocycles. The van der Waals surface area contributed by atoms with Crippen molar-refractivity contribution in [3.05, 3.63) is 89.7 Å². The fraction of sp³-hybridized carbons (Fsp3) is 0.160. The van der Waals surface area contributed by atoms with Crippen molar-refractivity contribution < 1.29 is 13.9 Å². The fourth-order valence-corrected chi connectivity index (χ4v) is 3.14. The second-order valence-corrected chi connectivity index (χ2v) is 7.67. The fourth-order valence-electron chi connectivity index (χ4n) is 3.14. The highest BCUT2D eigenvalue weighted by molar-refractivity contribution is 6.04. The van der Waals surface area contributed by atoms with Gasteiger partial charge in [-0.3, -0.25) is 4.79 Å². The number of carbonyl (C=O) groups is 1. The molecule has 0 saturated heterocycles. The van der Waals surface area contributed by atoms with Gasteiger partial charge in [-0.1, -0.05) is 35.9 Å². The molecule has 32 heavy (non-hydrogen) atoms. The van der Waals surface area contributed by atoms with Gasteiger partial charge in [0, 0.05) is 16.8 Å². The summed E-state index contributed by atoms with van der Waals surface area (Å²) in [7, 11) is 0. The quantitative estimate of drug-likeness (QED) is 0.443. The average Bonchev–Trinajstić information content (AvgIpc) is 3.18. The van der Waals surface area contributed by atoms with Crippen LogP contribution in [0.25, 0.3) is 17.1 Å². The lowest BCUT2D eigenvalue weighted by Gasteiger charge is -2.10. The third-order valence-electron chi connectivity index (χ3n) is 4.69. The molecule has 3 aromatic carbocycles. The summed E-state index contributed by atoms with van der Waals surface area (Å²) in [6.45, 7) is 5.85. The first kappa shape index (κ1) is 21.2. The Hall–Kier alpha value is -4.00. The van der Waals surface area contributed by atoms with Crippen molar-refractivity contribution in [3.63, 3.8) is 0 Å². The molecule has 0 saturated carbocycles. The molecule has 1 aromatic heterocycles. The van der Waals surface area contributed by atoms with Crippen LogP contribution in [0, 0.1) is 12.7 Å². The molecule has 6 nitrogen and oxygen atoms in total. The molecule has 0 aliphatic rings. The highest BCUT2D eigenvalue weighted by Crippen LogP contribution is 2.26. The van der Waals surface area contributed by atoms with Gasteiger partial charge < -0.3 is 10.1 Å². The minimum atomic E-state index is -0.391. The molecule has 1 N–H and O–H groups in total. The van der Waals surface area contributed by atoms with Crippen LogP contribution >= 0.6 is 0 Å². The van der Waals surface area contributed by atoms with E-state index in [-0.39, 0.29) is 18.0 Å². The van der Waals surface area contributed by atoms with Crippen molar-refractivity contribution in [3.8, 4) is 23.1 Å². The van der Waals surface area contributed by atoms with E-state index in [2.05, 4.69) is 15.4 Å². The van der Waals surface area contributed by atoms with Crippen LogP contribution in [0.15, 0.2) is 72.8 Å². The van der Waals surface area contributed by atoms with E-state index in [1.54, 1.807) is 16.8 Å². The first-order valence-electron chi connectivity index (χ1n) is 10.3. The number of anilines is 1. The van der Waals surface area contributed by atoms with Gasteiger partial charge in [-0.05, 0) is 63.2 Å². The number of ether oxygens (including phenoxy) is 1. The lowest BCUT2D eigenvalue weighted by Crippen LogP contribution is -2.12. The van der Waals surface area contributed by atoms with Gasteiger partial charge in [-0.2, -0.15) is 4.98 Å². The van der Waals surface area contributed by atoms with Crippen molar-refractivity contribution in [1.29, 1.82) is 0 Å². The van der Waals surface area contributed by atoms with Crippen molar-refractivity contribution in [1.82, 2.24) is 14.8 Å². The number of aryl methyl sites for hydroxylation is 1. The Labute approximate surface area is 185 Å². The van der Waals surface area contributed by atoms with E-state index in [9.17, 15) is 9.18 Å². The summed E-state index contributed by atoms with van der Waals surface area (Å²) in [5, 5.41) is 7.38. The summed E-state index contributed by atoms with van der Waals surface area (Å²) in [5.41, 5.74) is 3.69. The molecule has 4 rings (SSSR count). The number of aromatic nitrogens is 3. The molecule has 0 bridgehead atoms. The standard InChI is InChI=1S/C25H23FN4O2/c1-16(2)32-25-28-23(18-9-7-17(3)8-10-18)30(29-25)22-6-4-5-21(15-22)27-24(31)19-11-13-20(26)14-12-19/h4-16H,1-3H3,(H,27,31). The first-order valence-corrected chi connectivity index (χ1v) is 10.3. The maximum absolute atomic E-state index is 13.1. The number of amides is 1. The number of benzene rings is 3. The maximum Gasteiger partial charge on any atom is 0.336 e. The minimum Gasteiger partial charge on any atom is -0.460 e. The number of halogens is 1. The SMILES string of the molecule is Cc1ccc(-c2nc(OC(C)C)nn2-c2cccc(NC(=O)c3ccc(F)cc3)c2)cc1. The van der Waals surface area contributed by atoms with E-state index in [4.69, 9.17) is 4.74 Å². The van der Waals surface area contributed by atoms with Crippen molar-refractivity contribution in [2.45, 2.75) is 26.9 Å². The van der Waals surface area contributed by atoms with Gasteiger partial charge in [0.05, 0.1) is 11.8 Å². The molecule has 1 heterocycles. The van der Waals surface area contributed by atoms with Crippen molar-refractivity contribution in [2.24, 2.45) is 0 Å². The van der Waals surface area contributed by atoms with Crippen LogP contribution in [-0.4, -0.2) is 26.8 Å². The molecule has 0 aliphatic heterocycles. The van der Waals surface area contributed by atoms with Crippen molar-refractivity contribution in [2.75, 3.05) is 5.32 Å². The van der Waals surface area contributed by atoms with Gasteiger partial charge in [-0.25, -0.2) is 9.07 Å². The Bertz CT molecular complexity index is 1230. The second-order valence-electron chi connectivity index (χ2n) is 7.67. The summed E-state index contributed by atoms with van der Waals surface area (Å²) >= 11 is 0.